The van der Waals surface area contributed by atoms with E-state index in [4.69, 9.17) is 11.2 Å². The smallest absolute Gasteiger partial charge is 0.237 e. The molecule has 0 aromatic heterocycles. The Kier molecular flexibility index (Phi) is 7.64. The van der Waals surface area contributed by atoms with Crippen molar-refractivity contribution in [3.8, 4) is 18.1 Å². The summed E-state index contributed by atoms with van der Waals surface area (Å²) in [5.41, 5.74) is 1.05. The van der Waals surface area contributed by atoms with Gasteiger partial charge < -0.3 is 10.1 Å². The molecule has 1 aromatic rings. The summed E-state index contributed by atoms with van der Waals surface area (Å²) in [7, 11) is 0. The largest absolute Gasteiger partial charge is 0.494 e. The van der Waals surface area contributed by atoms with E-state index in [1.54, 1.807) is 0 Å². The molecule has 1 aliphatic rings. The average Bonchev–Trinajstić information content (AvgIpc) is 2.61. The Morgan fingerprint density at radius 1 is 1.46 bits per heavy atom. The van der Waals surface area contributed by atoms with Crippen LogP contribution in [0.1, 0.15) is 44.6 Å². The highest BCUT2D eigenvalue weighted by Crippen LogP contribution is 2.17. The summed E-state index contributed by atoms with van der Waals surface area (Å²) in [6.45, 7) is 4.84. The maximum atomic E-state index is 12.5. The van der Waals surface area contributed by atoms with Gasteiger partial charge >= 0.3 is 0 Å². The minimum absolute atomic E-state index is 0.0715. The predicted molar refractivity (Wildman–Crippen MR) is 96.7 cm³/mol. The molecule has 24 heavy (non-hydrogen) atoms. The van der Waals surface area contributed by atoms with Crippen LogP contribution in [0.4, 0.5) is 0 Å². The Morgan fingerprint density at radius 2 is 2.33 bits per heavy atom. The first-order valence-corrected chi connectivity index (χ1v) is 8.91. The van der Waals surface area contributed by atoms with E-state index < -0.39 is 0 Å². The third kappa shape index (κ3) is 5.58. The molecule has 4 heteroatoms. The number of hydrogen-bond donors (Lipinski definition) is 1. The Bertz CT molecular complexity index is 565. The Labute approximate surface area is 145 Å². The van der Waals surface area contributed by atoms with Gasteiger partial charge in [-0.2, -0.15) is 0 Å². The van der Waals surface area contributed by atoms with Crippen molar-refractivity contribution in [2.75, 3.05) is 19.7 Å². The molecule has 1 unspecified atom stereocenters. The van der Waals surface area contributed by atoms with E-state index in [0.717, 1.165) is 56.6 Å². The number of amides is 1. The number of benzene rings is 1. The second-order valence-electron chi connectivity index (χ2n) is 6.25. The molecule has 1 aromatic carbocycles. The average molecular weight is 328 g/mol. The number of terminal acetylenes is 1. The summed E-state index contributed by atoms with van der Waals surface area (Å²) in [4.78, 5) is 14.6. The number of unbranched alkanes of at least 4 members (excludes halogenated alkanes) is 1. The predicted octanol–water partition coefficient (Wildman–Crippen LogP) is 2.97. The number of piperidine rings is 1. The first-order valence-electron chi connectivity index (χ1n) is 8.91. The van der Waals surface area contributed by atoms with Crippen molar-refractivity contribution in [3.63, 3.8) is 0 Å². The second-order valence-corrected chi connectivity index (χ2v) is 6.25. The first kappa shape index (κ1) is 18.4. The van der Waals surface area contributed by atoms with E-state index in [2.05, 4.69) is 23.1 Å². The van der Waals surface area contributed by atoms with E-state index in [-0.39, 0.29) is 11.9 Å². The van der Waals surface area contributed by atoms with E-state index in [0.29, 0.717) is 13.1 Å². The molecular weight excluding hydrogens is 300 g/mol. The fourth-order valence-corrected chi connectivity index (χ4v) is 2.98. The summed E-state index contributed by atoms with van der Waals surface area (Å²) in [5, 5.41) is 3.05. The van der Waals surface area contributed by atoms with Gasteiger partial charge in [-0.1, -0.05) is 37.8 Å². The number of carbonyl (C=O) groups excluding carboxylic acids is 1. The monoisotopic (exact) mass is 328 g/mol. The summed E-state index contributed by atoms with van der Waals surface area (Å²) >= 11 is 0. The molecule has 1 aliphatic heterocycles. The number of hydrogen-bond acceptors (Lipinski definition) is 3. The SMILES string of the molecule is C#CCN1CCCCC1C(=O)NCc1cccc(OCCCC)c1. The Hall–Kier alpha value is -1.99. The molecule has 1 amide bonds. The van der Waals surface area contributed by atoms with Gasteiger partial charge in [-0.25, -0.2) is 0 Å². The minimum Gasteiger partial charge on any atom is -0.494 e. The molecule has 0 spiro atoms. The molecular formula is C20H28N2O2. The van der Waals surface area contributed by atoms with E-state index in [1.165, 1.54) is 0 Å². The molecule has 0 radical (unpaired) electrons. The van der Waals surface area contributed by atoms with Gasteiger partial charge in [0.05, 0.1) is 19.2 Å². The minimum atomic E-state index is -0.0983. The highest BCUT2D eigenvalue weighted by atomic mass is 16.5. The lowest BCUT2D eigenvalue weighted by atomic mass is 10.0. The number of rotatable bonds is 8. The molecule has 1 saturated heterocycles. The van der Waals surface area contributed by atoms with Crippen LogP contribution in [0.3, 0.4) is 0 Å². The zero-order chi connectivity index (χ0) is 17.2. The fourth-order valence-electron chi connectivity index (χ4n) is 2.98. The van der Waals surface area contributed by atoms with Gasteiger partial charge in [0.2, 0.25) is 5.91 Å². The van der Waals surface area contributed by atoms with Crippen LogP contribution in [-0.4, -0.2) is 36.5 Å². The molecule has 2 rings (SSSR count). The van der Waals surface area contributed by atoms with Crippen molar-refractivity contribution in [2.45, 2.75) is 51.6 Å². The van der Waals surface area contributed by atoms with Crippen molar-refractivity contribution in [2.24, 2.45) is 0 Å². The quantitative estimate of drug-likeness (QED) is 0.589. The topological polar surface area (TPSA) is 41.6 Å². The van der Waals surface area contributed by atoms with Crippen LogP contribution in [0.25, 0.3) is 0 Å². The van der Waals surface area contributed by atoms with Gasteiger partial charge in [0.1, 0.15) is 5.75 Å². The number of nitrogens with one attached hydrogen (secondary N) is 1. The molecule has 0 aliphatic carbocycles. The van der Waals surface area contributed by atoms with Crippen LogP contribution >= 0.6 is 0 Å². The third-order valence-electron chi connectivity index (χ3n) is 4.34. The molecule has 1 N–H and O–H groups in total. The Balaban J connectivity index is 1.86. The van der Waals surface area contributed by atoms with Gasteiger partial charge in [0, 0.05) is 6.54 Å². The van der Waals surface area contributed by atoms with Crippen molar-refractivity contribution in [1.29, 1.82) is 0 Å². The molecule has 1 atom stereocenters. The van der Waals surface area contributed by atoms with Crippen LogP contribution in [-0.2, 0) is 11.3 Å². The van der Waals surface area contributed by atoms with Crippen molar-refractivity contribution in [1.82, 2.24) is 10.2 Å². The van der Waals surface area contributed by atoms with Crippen LogP contribution in [0, 0.1) is 12.3 Å². The highest BCUT2D eigenvalue weighted by Gasteiger charge is 2.27. The molecule has 1 heterocycles. The number of nitrogens with zero attached hydrogens (tertiary/aromatic N) is 1. The van der Waals surface area contributed by atoms with Crippen molar-refractivity contribution >= 4 is 5.91 Å². The summed E-state index contributed by atoms with van der Waals surface area (Å²) in [6, 6.07) is 7.83. The standard InChI is InChI=1S/C20H28N2O2/c1-3-5-14-24-18-10-8-9-17(15-18)16-21-20(23)19-11-6-7-13-22(19)12-4-2/h2,8-10,15,19H,3,5-7,11-14,16H2,1H3,(H,21,23). The van der Waals surface area contributed by atoms with Gasteiger partial charge in [0.15, 0.2) is 0 Å². The lowest BCUT2D eigenvalue weighted by molar-refractivity contribution is -0.127. The van der Waals surface area contributed by atoms with Gasteiger partial charge in [-0.15, -0.1) is 6.42 Å². The van der Waals surface area contributed by atoms with Gasteiger partial charge in [0.25, 0.3) is 0 Å². The normalized spacial score (nSPS) is 17.9. The third-order valence-corrected chi connectivity index (χ3v) is 4.34. The molecule has 0 bridgehead atoms. The lowest BCUT2D eigenvalue weighted by Crippen LogP contribution is -2.49. The van der Waals surface area contributed by atoms with Gasteiger partial charge in [-0.05, 0) is 43.5 Å². The molecule has 0 saturated carbocycles. The number of ether oxygens (including phenoxy) is 1. The maximum Gasteiger partial charge on any atom is 0.237 e. The van der Waals surface area contributed by atoms with Crippen LogP contribution in [0.5, 0.6) is 5.75 Å². The molecule has 130 valence electrons. The zero-order valence-corrected chi connectivity index (χ0v) is 14.6. The Morgan fingerprint density at radius 3 is 3.12 bits per heavy atom. The number of likely N-dealkylation sites (tertiary alicyclic amines) is 1. The summed E-state index contributed by atoms with van der Waals surface area (Å²) in [5.74, 6) is 3.59. The van der Waals surface area contributed by atoms with Crippen LogP contribution < -0.4 is 10.1 Å². The second kappa shape index (κ2) is 10.00. The summed E-state index contributed by atoms with van der Waals surface area (Å²) in [6.07, 6.45) is 10.7. The van der Waals surface area contributed by atoms with Crippen molar-refractivity contribution < 1.29 is 9.53 Å². The van der Waals surface area contributed by atoms with Crippen molar-refractivity contribution in [3.05, 3.63) is 29.8 Å². The summed E-state index contributed by atoms with van der Waals surface area (Å²) < 4.78 is 5.72. The maximum absolute atomic E-state index is 12.5. The zero-order valence-electron chi connectivity index (χ0n) is 14.6. The van der Waals surface area contributed by atoms with Crippen LogP contribution in [0.15, 0.2) is 24.3 Å². The van der Waals surface area contributed by atoms with E-state index >= 15 is 0 Å². The van der Waals surface area contributed by atoms with Crippen LogP contribution in [0.2, 0.25) is 0 Å². The first-order chi connectivity index (χ1) is 11.7. The van der Waals surface area contributed by atoms with Gasteiger partial charge in [-0.3, -0.25) is 9.69 Å². The van der Waals surface area contributed by atoms with E-state index in [1.807, 2.05) is 24.3 Å². The molecule has 4 nitrogen and oxygen atoms in total. The highest BCUT2D eigenvalue weighted by molar-refractivity contribution is 5.81. The van der Waals surface area contributed by atoms with E-state index in [9.17, 15) is 4.79 Å². The lowest BCUT2D eigenvalue weighted by Gasteiger charge is -2.33. The number of carbonyl (C=O) groups is 1. The fraction of sp³-hybridized carbons (Fsp3) is 0.550. The molecule has 1 fully saturated rings.